The highest BCUT2D eigenvalue weighted by atomic mass is 35.5. The monoisotopic (exact) mass is 273 g/mol. The molecular weight excluding hydrogens is 262 g/mol. The molecule has 3 rings (SSSR count). The Bertz CT molecular complexity index is 719. The Balaban J connectivity index is 2.09. The number of benzene rings is 1. The number of rotatable bonds is 2. The van der Waals surface area contributed by atoms with Crippen molar-refractivity contribution in [3.05, 3.63) is 59.0 Å². The van der Waals surface area contributed by atoms with Crippen LogP contribution in [0.15, 0.2) is 42.6 Å². The summed E-state index contributed by atoms with van der Waals surface area (Å²) in [5.74, 6) is 0. The first-order chi connectivity index (χ1) is 9.16. The van der Waals surface area contributed by atoms with Crippen LogP contribution in [0.3, 0.4) is 0 Å². The molecule has 19 heavy (non-hydrogen) atoms. The molecule has 4 nitrogen and oxygen atoms in total. The van der Waals surface area contributed by atoms with E-state index in [0.29, 0.717) is 16.4 Å². The van der Waals surface area contributed by atoms with Crippen molar-refractivity contribution in [2.24, 2.45) is 7.05 Å². The molecule has 0 saturated heterocycles. The van der Waals surface area contributed by atoms with Crippen LogP contribution in [0.4, 0.5) is 0 Å². The minimum atomic E-state index is -0.885. The number of pyridine rings is 1. The summed E-state index contributed by atoms with van der Waals surface area (Å²) in [5, 5.41) is 15.9. The minimum Gasteiger partial charge on any atom is -0.380 e. The molecule has 1 atom stereocenters. The summed E-state index contributed by atoms with van der Waals surface area (Å²) < 4.78 is 1.56. The molecule has 0 radical (unpaired) electrons. The number of aliphatic hydroxyl groups excluding tert-OH is 1. The fraction of sp³-hybridized carbons (Fsp3) is 0.143. The SMILES string of the molecule is Cn1ncc(Cl)c1C(O)c1ccc2ccccc2n1. The van der Waals surface area contributed by atoms with Crippen LogP contribution in [0.1, 0.15) is 17.5 Å². The zero-order valence-corrected chi connectivity index (χ0v) is 11.0. The lowest BCUT2D eigenvalue weighted by Crippen LogP contribution is -2.08. The van der Waals surface area contributed by atoms with Crippen molar-refractivity contribution in [1.82, 2.24) is 14.8 Å². The van der Waals surface area contributed by atoms with Crippen molar-refractivity contribution in [3.8, 4) is 0 Å². The third kappa shape index (κ3) is 2.09. The normalized spacial score (nSPS) is 12.8. The van der Waals surface area contributed by atoms with Crippen molar-refractivity contribution in [2.45, 2.75) is 6.10 Å². The van der Waals surface area contributed by atoms with Gasteiger partial charge in [0.05, 0.1) is 28.1 Å². The first kappa shape index (κ1) is 12.1. The second-order valence-corrected chi connectivity index (χ2v) is 4.74. The number of aliphatic hydroxyl groups is 1. The third-order valence-corrected chi connectivity index (χ3v) is 3.39. The zero-order chi connectivity index (χ0) is 13.4. The van der Waals surface area contributed by atoms with Gasteiger partial charge in [-0.05, 0) is 12.1 Å². The van der Waals surface area contributed by atoms with Crippen LogP contribution in [-0.4, -0.2) is 19.9 Å². The molecule has 2 heterocycles. The highest BCUT2D eigenvalue weighted by molar-refractivity contribution is 6.31. The van der Waals surface area contributed by atoms with Gasteiger partial charge in [-0.2, -0.15) is 5.10 Å². The molecule has 0 saturated carbocycles. The van der Waals surface area contributed by atoms with E-state index in [1.165, 1.54) is 6.20 Å². The van der Waals surface area contributed by atoms with E-state index in [1.54, 1.807) is 17.8 Å². The number of fused-ring (bicyclic) bond motifs is 1. The maximum absolute atomic E-state index is 10.4. The molecule has 0 aliphatic rings. The molecule has 1 aromatic carbocycles. The van der Waals surface area contributed by atoms with Gasteiger partial charge in [0.1, 0.15) is 6.10 Å². The van der Waals surface area contributed by atoms with Gasteiger partial charge in [-0.15, -0.1) is 0 Å². The predicted octanol–water partition coefficient (Wildman–Crippen LogP) is 2.70. The van der Waals surface area contributed by atoms with Gasteiger partial charge in [-0.1, -0.05) is 35.9 Å². The Morgan fingerprint density at radius 1 is 1.21 bits per heavy atom. The Kier molecular flexibility index (Phi) is 2.97. The smallest absolute Gasteiger partial charge is 0.139 e. The molecule has 0 bridgehead atoms. The van der Waals surface area contributed by atoms with Crippen molar-refractivity contribution in [2.75, 3.05) is 0 Å². The van der Waals surface area contributed by atoms with Crippen LogP contribution in [0, 0.1) is 0 Å². The largest absolute Gasteiger partial charge is 0.380 e. The average Bonchev–Trinajstić information content (AvgIpc) is 2.77. The summed E-state index contributed by atoms with van der Waals surface area (Å²) >= 11 is 6.04. The molecule has 1 N–H and O–H groups in total. The fourth-order valence-corrected chi connectivity index (χ4v) is 2.37. The van der Waals surface area contributed by atoms with E-state index in [0.717, 1.165) is 10.9 Å². The van der Waals surface area contributed by atoms with E-state index in [-0.39, 0.29) is 0 Å². The van der Waals surface area contributed by atoms with Crippen molar-refractivity contribution < 1.29 is 5.11 Å². The quantitative estimate of drug-likeness (QED) is 0.781. The van der Waals surface area contributed by atoms with E-state index in [9.17, 15) is 5.11 Å². The van der Waals surface area contributed by atoms with Gasteiger partial charge in [0, 0.05) is 12.4 Å². The number of nitrogens with zero attached hydrogens (tertiary/aromatic N) is 3. The van der Waals surface area contributed by atoms with E-state index in [4.69, 9.17) is 11.6 Å². The van der Waals surface area contributed by atoms with Gasteiger partial charge in [0.25, 0.3) is 0 Å². The number of para-hydroxylation sites is 1. The number of hydrogen-bond donors (Lipinski definition) is 1. The van der Waals surface area contributed by atoms with Gasteiger partial charge in [-0.3, -0.25) is 4.68 Å². The molecule has 1 unspecified atom stereocenters. The average molecular weight is 274 g/mol. The van der Waals surface area contributed by atoms with Crippen LogP contribution in [0.5, 0.6) is 0 Å². The number of halogens is 1. The first-order valence-electron chi connectivity index (χ1n) is 5.88. The Morgan fingerprint density at radius 3 is 2.74 bits per heavy atom. The van der Waals surface area contributed by atoms with Crippen LogP contribution < -0.4 is 0 Å². The van der Waals surface area contributed by atoms with Gasteiger partial charge in [0.2, 0.25) is 0 Å². The number of aryl methyl sites for hydroxylation is 1. The summed E-state index contributed by atoms with van der Waals surface area (Å²) in [4.78, 5) is 4.46. The molecular formula is C14H12ClN3O. The van der Waals surface area contributed by atoms with Crippen LogP contribution in [-0.2, 0) is 7.05 Å². The first-order valence-corrected chi connectivity index (χ1v) is 6.26. The second kappa shape index (κ2) is 4.64. The molecule has 0 spiro atoms. The van der Waals surface area contributed by atoms with Crippen molar-refractivity contribution in [3.63, 3.8) is 0 Å². The van der Waals surface area contributed by atoms with E-state index < -0.39 is 6.10 Å². The second-order valence-electron chi connectivity index (χ2n) is 4.33. The van der Waals surface area contributed by atoms with Crippen LogP contribution in [0.25, 0.3) is 10.9 Å². The molecule has 3 aromatic rings. The summed E-state index contributed by atoms with van der Waals surface area (Å²) in [6.07, 6.45) is 0.630. The fourth-order valence-electron chi connectivity index (χ4n) is 2.10. The standard InChI is InChI=1S/C14H12ClN3O/c1-18-13(10(15)8-16-18)14(19)12-7-6-9-4-2-3-5-11(9)17-12/h2-8,14,19H,1H3. The molecule has 0 aliphatic carbocycles. The van der Waals surface area contributed by atoms with Crippen molar-refractivity contribution in [1.29, 1.82) is 0 Å². The molecule has 2 aromatic heterocycles. The molecule has 0 amide bonds. The van der Waals surface area contributed by atoms with E-state index in [2.05, 4.69) is 10.1 Å². The summed E-state index contributed by atoms with van der Waals surface area (Å²) in [6, 6.07) is 11.5. The lowest BCUT2D eigenvalue weighted by atomic mass is 10.1. The molecule has 96 valence electrons. The maximum Gasteiger partial charge on any atom is 0.139 e. The lowest BCUT2D eigenvalue weighted by molar-refractivity contribution is 0.205. The summed E-state index contributed by atoms with van der Waals surface area (Å²) in [5.41, 5.74) is 1.95. The van der Waals surface area contributed by atoms with Crippen LogP contribution >= 0.6 is 11.6 Å². The van der Waals surface area contributed by atoms with E-state index >= 15 is 0 Å². The molecule has 0 aliphatic heterocycles. The van der Waals surface area contributed by atoms with Gasteiger partial charge < -0.3 is 5.11 Å². The summed E-state index contributed by atoms with van der Waals surface area (Å²) in [7, 11) is 1.74. The maximum atomic E-state index is 10.4. The highest BCUT2D eigenvalue weighted by Crippen LogP contribution is 2.27. The minimum absolute atomic E-state index is 0.435. The van der Waals surface area contributed by atoms with Gasteiger partial charge >= 0.3 is 0 Å². The van der Waals surface area contributed by atoms with Crippen molar-refractivity contribution >= 4 is 22.5 Å². The number of aromatic nitrogens is 3. The molecule has 5 heteroatoms. The van der Waals surface area contributed by atoms with Crippen LogP contribution in [0.2, 0.25) is 5.02 Å². The van der Waals surface area contributed by atoms with E-state index in [1.807, 2.05) is 30.3 Å². The highest BCUT2D eigenvalue weighted by Gasteiger charge is 2.19. The zero-order valence-electron chi connectivity index (χ0n) is 10.3. The summed E-state index contributed by atoms with van der Waals surface area (Å²) in [6.45, 7) is 0. The predicted molar refractivity (Wildman–Crippen MR) is 74.0 cm³/mol. The Labute approximate surface area is 115 Å². The Hall–Kier alpha value is -1.91. The topological polar surface area (TPSA) is 50.9 Å². The third-order valence-electron chi connectivity index (χ3n) is 3.10. The molecule has 0 fully saturated rings. The lowest BCUT2D eigenvalue weighted by Gasteiger charge is -2.12. The van der Waals surface area contributed by atoms with Gasteiger partial charge in [0.15, 0.2) is 0 Å². The Morgan fingerprint density at radius 2 is 2.00 bits per heavy atom. The van der Waals surface area contributed by atoms with Gasteiger partial charge in [-0.25, -0.2) is 4.98 Å². The number of hydrogen-bond acceptors (Lipinski definition) is 3.